The predicted molar refractivity (Wildman–Crippen MR) is 79.9 cm³/mol. The molecule has 1 N–H and O–H groups in total. The number of alkyl halides is 1. The Hall–Kier alpha value is -1.03. The van der Waals surface area contributed by atoms with Crippen molar-refractivity contribution in [3.05, 3.63) is 29.3 Å². The Kier molecular flexibility index (Phi) is 4.50. The van der Waals surface area contributed by atoms with Gasteiger partial charge in [-0.2, -0.15) is 0 Å². The third-order valence-corrected chi connectivity index (χ3v) is 4.99. The fourth-order valence-corrected chi connectivity index (χ4v) is 3.54. The zero-order valence-corrected chi connectivity index (χ0v) is 13.0. The van der Waals surface area contributed by atoms with E-state index in [-0.39, 0.29) is 17.7 Å². The van der Waals surface area contributed by atoms with Crippen LogP contribution in [0.4, 0.5) is 0 Å². The average molecular weight is 326 g/mol. The highest BCUT2D eigenvalue weighted by Crippen LogP contribution is 2.29. The molecule has 0 saturated heterocycles. The smallest absolute Gasteiger partial charge is 0.254 e. The Labute approximate surface area is 122 Å². The number of phenolic OH excluding ortho intramolecular Hbond substituents is 1. The molecule has 1 aromatic carbocycles. The van der Waals surface area contributed by atoms with Gasteiger partial charge in [-0.1, -0.05) is 34.8 Å². The summed E-state index contributed by atoms with van der Waals surface area (Å²) in [4.78, 5) is 14.6. The van der Waals surface area contributed by atoms with Gasteiger partial charge in [-0.25, -0.2) is 0 Å². The highest BCUT2D eigenvalue weighted by molar-refractivity contribution is 9.09. The zero-order valence-electron chi connectivity index (χ0n) is 11.4. The lowest BCUT2D eigenvalue weighted by atomic mass is 9.94. The third-order valence-electron chi connectivity index (χ3n) is 3.92. The molecule has 1 saturated carbocycles. The van der Waals surface area contributed by atoms with Crippen LogP contribution >= 0.6 is 15.9 Å². The maximum absolute atomic E-state index is 12.4. The van der Waals surface area contributed by atoms with E-state index in [4.69, 9.17) is 0 Å². The molecular weight excluding hydrogens is 306 g/mol. The molecule has 0 aliphatic heterocycles. The first-order valence-corrected chi connectivity index (χ1v) is 7.63. The van der Waals surface area contributed by atoms with Crippen LogP contribution in [0.1, 0.15) is 41.6 Å². The Bertz CT molecular complexity index is 475. The summed E-state index contributed by atoms with van der Waals surface area (Å²) in [6, 6.07) is 5.35. The molecule has 0 aromatic heterocycles. The summed E-state index contributed by atoms with van der Waals surface area (Å²) in [5.74, 6) is 0.157. The van der Waals surface area contributed by atoms with Gasteiger partial charge in [0.05, 0.1) is 0 Å². The van der Waals surface area contributed by atoms with Gasteiger partial charge >= 0.3 is 0 Å². The fourth-order valence-electron chi connectivity index (χ4n) is 2.60. The average Bonchev–Trinajstić information content (AvgIpc) is 2.41. The summed E-state index contributed by atoms with van der Waals surface area (Å²) in [6.45, 7) is 1.82. The van der Waals surface area contributed by atoms with Crippen molar-refractivity contribution >= 4 is 21.8 Å². The largest absolute Gasteiger partial charge is 0.508 e. The summed E-state index contributed by atoms with van der Waals surface area (Å²) >= 11 is 3.68. The monoisotopic (exact) mass is 325 g/mol. The number of halogens is 1. The summed E-state index contributed by atoms with van der Waals surface area (Å²) in [5, 5.41) is 9.71. The quantitative estimate of drug-likeness (QED) is 0.846. The molecule has 3 nitrogen and oxygen atoms in total. The minimum Gasteiger partial charge on any atom is -0.508 e. The molecule has 2 rings (SSSR count). The van der Waals surface area contributed by atoms with Gasteiger partial charge in [-0.05, 0) is 37.5 Å². The number of carbonyl (C=O) groups is 1. The lowest BCUT2D eigenvalue weighted by Gasteiger charge is -2.35. The van der Waals surface area contributed by atoms with E-state index in [2.05, 4.69) is 15.9 Å². The molecular formula is C15H20BrNO2. The van der Waals surface area contributed by atoms with Crippen LogP contribution in [0.15, 0.2) is 18.2 Å². The summed E-state index contributed by atoms with van der Waals surface area (Å²) in [6.07, 6.45) is 4.54. The van der Waals surface area contributed by atoms with Crippen LogP contribution < -0.4 is 0 Å². The predicted octanol–water partition coefficient (Wildman–Crippen LogP) is 3.48. The molecule has 1 aliphatic carbocycles. The topological polar surface area (TPSA) is 40.5 Å². The molecule has 0 heterocycles. The van der Waals surface area contributed by atoms with Crippen molar-refractivity contribution < 1.29 is 9.90 Å². The van der Waals surface area contributed by atoms with Crippen molar-refractivity contribution in [1.82, 2.24) is 4.90 Å². The van der Waals surface area contributed by atoms with Crippen LogP contribution in [0, 0.1) is 6.92 Å². The van der Waals surface area contributed by atoms with Gasteiger partial charge in [0, 0.05) is 23.5 Å². The van der Waals surface area contributed by atoms with E-state index in [1.807, 2.05) is 18.9 Å². The van der Waals surface area contributed by atoms with E-state index in [0.29, 0.717) is 10.4 Å². The van der Waals surface area contributed by atoms with Crippen LogP contribution in [0.3, 0.4) is 0 Å². The molecule has 1 fully saturated rings. The fraction of sp³-hybridized carbons (Fsp3) is 0.533. The molecule has 0 spiro atoms. The van der Waals surface area contributed by atoms with Crippen molar-refractivity contribution in [1.29, 1.82) is 0 Å². The molecule has 2 atom stereocenters. The number of phenols is 1. The molecule has 1 amide bonds. The number of hydrogen-bond acceptors (Lipinski definition) is 2. The minimum absolute atomic E-state index is 0.0216. The maximum atomic E-state index is 12.4. The molecule has 1 aliphatic rings. The van der Waals surface area contributed by atoms with Crippen LogP contribution in [0.2, 0.25) is 0 Å². The summed E-state index contributed by atoms with van der Waals surface area (Å²) < 4.78 is 0. The molecule has 2 unspecified atom stereocenters. The SMILES string of the molecule is Cc1ccc(C(=O)N(C)C2CCCCC2Br)cc1O. The van der Waals surface area contributed by atoms with Gasteiger partial charge in [-0.15, -0.1) is 0 Å². The first kappa shape index (κ1) is 14.4. The normalized spacial score (nSPS) is 23.1. The van der Waals surface area contributed by atoms with Gasteiger partial charge in [0.25, 0.3) is 5.91 Å². The Morgan fingerprint density at radius 2 is 2.05 bits per heavy atom. The Balaban J connectivity index is 2.15. The second-order valence-electron chi connectivity index (χ2n) is 5.29. The van der Waals surface area contributed by atoms with Gasteiger partial charge in [0.15, 0.2) is 0 Å². The van der Waals surface area contributed by atoms with Crippen molar-refractivity contribution in [2.75, 3.05) is 7.05 Å². The van der Waals surface area contributed by atoms with E-state index in [1.54, 1.807) is 18.2 Å². The number of nitrogens with zero attached hydrogens (tertiary/aromatic N) is 1. The first-order valence-electron chi connectivity index (χ1n) is 6.71. The molecule has 0 bridgehead atoms. The lowest BCUT2D eigenvalue weighted by molar-refractivity contribution is 0.0704. The number of rotatable bonds is 2. The summed E-state index contributed by atoms with van der Waals surface area (Å²) in [5.41, 5.74) is 1.34. The highest BCUT2D eigenvalue weighted by atomic mass is 79.9. The van der Waals surface area contributed by atoms with Crippen LogP contribution in [-0.2, 0) is 0 Å². The minimum atomic E-state index is -0.0216. The van der Waals surface area contributed by atoms with Crippen molar-refractivity contribution in [2.45, 2.75) is 43.5 Å². The van der Waals surface area contributed by atoms with Crippen molar-refractivity contribution in [2.24, 2.45) is 0 Å². The number of aryl methyl sites for hydroxylation is 1. The van der Waals surface area contributed by atoms with Gasteiger partial charge in [-0.3, -0.25) is 4.79 Å². The maximum Gasteiger partial charge on any atom is 0.254 e. The molecule has 0 radical (unpaired) electrons. The lowest BCUT2D eigenvalue weighted by Crippen LogP contribution is -2.44. The molecule has 104 valence electrons. The van der Waals surface area contributed by atoms with Gasteiger partial charge < -0.3 is 10.0 Å². The Morgan fingerprint density at radius 3 is 2.68 bits per heavy atom. The van der Waals surface area contributed by atoms with Crippen LogP contribution in [0.5, 0.6) is 5.75 Å². The second-order valence-corrected chi connectivity index (χ2v) is 6.46. The van der Waals surface area contributed by atoms with E-state index >= 15 is 0 Å². The van der Waals surface area contributed by atoms with Crippen molar-refractivity contribution in [3.8, 4) is 5.75 Å². The standard InChI is InChI=1S/C15H20BrNO2/c1-10-7-8-11(9-14(10)18)15(19)17(2)13-6-4-3-5-12(13)16/h7-9,12-13,18H,3-6H2,1-2H3. The van der Waals surface area contributed by atoms with E-state index in [9.17, 15) is 9.90 Å². The van der Waals surface area contributed by atoms with Crippen molar-refractivity contribution in [3.63, 3.8) is 0 Å². The Morgan fingerprint density at radius 1 is 1.37 bits per heavy atom. The van der Waals surface area contributed by atoms with E-state index in [0.717, 1.165) is 18.4 Å². The molecule has 4 heteroatoms. The number of aromatic hydroxyl groups is 1. The number of carbonyl (C=O) groups excluding carboxylic acids is 1. The second kappa shape index (κ2) is 5.95. The van der Waals surface area contributed by atoms with E-state index < -0.39 is 0 Å². The zero-order chi connectivity index (χ0) is 14.0. The molecule has 19 heavy (non-hydrogen) atoms. The number of hydrogen-bond donors (Lipinski definition) is 1. The third kappa shape index (κ3) is 3.11. The van der Waals surface area contributed by atoms with Crippen LogP contribution in [0.25, 0.3) is 0 Å². The van der Waals surface area contributed by atoms with Gasteiger partial charge in [0.2, 0.25) is 0 Å². The molecule has 1 aromatic rings. The highest BCUT2D eigenvalue weighted by Gasteiger charge is 2.29. The van der Waals surface area contributed by atoms with Gasteiger partial charge in [0.1, 0.15) is 5.75 Å². The first-order chi connectivity index (χ1) is 9.00. The van der Waals surface area contributed by atoms with Crippen LogP contribution in [-0.4, -0.2) is 33.8 Å². The van der Waals surface area contributed by atoms with E-state index in [1.165, 1.54) is 12.8 Å². The number of amides is 1. The number of benzene rings is 1. The summed E-state index contributed by atoms with van der Waals surface area (Å²) in [7, 11) is 1.85.